The summed E-state index contributed by atoms with van der Waals surface area (Å²) in [5, 5.41) is 3.42. The van der Waals surface area contributed by atoms with E-state index in [1.807, 2.05) is 42.5 Å². The number of amides is 1. The van der Waals surface area contributed by atoms with Gasteiger partial charge in [0.05, 0.1) is 38.1 Å². The van der Waals surface area contributed by atoms with Gasteiger partial charge >= 0.3 is 5.97 Å². The van der Waals surface area contributed by atoms with Crippen LogP contribution in [0.4, 0.5) is 11.4 Å². The van der Waals surface area contributed by atoms with Gasteiger partial charge in [0.15, 0.2) is 18.1 Å². The van der Waals surface area contributed by atoms with Crippen molar-refractivity contribution in [2.45, 2.75) is 19.3 Å². The summed E-state index contributed by atoms with van der Waals surface area (Å²) in [6, 6.07) is 20.2. The number of carbonyl (C=O) groups excluding carboxylic acids is 2. The van der Waals surface area contributed by atoms with Gasteiger partial charge in [0.2, 0.25) is 5.75 Å². The molecule has 1 aliphatic rings. The Morgan fingerprint density at radius 1 is 0.854 bits per heavy atom. The molecule has 0 atom stereocenters. The summed E-state index contributed by atoms with van der Waals surface area (Å²) in [6.07, 6.45) is 3.66. The molecule has 1 amide bonds. The van der Waals surface area contributed by atoms with E-state index in [2.05, 4.69) is 10.2 Å². The Balaban J connectivity index is 1.33. The van der Waals surface area contributed by atoms with Gasteiger partial charge in [0, 0.05) is 35.4 Å². The number of methoxy groups -OCH3 is 3. The molecule has 1 aliphatic heterocycles. The molecule has 212 valence electrons. The van der Waals surface area contributed by atoms with E-state index in [0.29, 0.717) is 45.1 Å². The van der Waals surface area contributed by atoms with Gasteiger partial charge in [-0.2, -0.15) is 0 Å². The second kappa shape index (κ2) is 12.6. The molecule has 0 unspecified atom stereocenters. The summed E-state index contributed by atoms with van der Waals surface area (Å²) in [5.74, 6) is 0.314. The summed E-state index contributed by atoms with van der Waals surface area (Å²) >= 11 is 0. The number of hydrogen-bond donors (Lipinski definition) is 1. The van der Waals surface area contributed by atoms with Crippen molar-refractivity contribution in [2.24, 2.45) is 0 Å². The Labute approximate surface area is 239 Å². The number of aromatic nitrogens is 1. The number of nitrogens with zero attached hydrogens (tertiary/aromatic N) is 2. The molecule has 9 nitrogen and oxygen atoms in total. The Morgan fingerprint density at radius 3 is 2.20 bits per heavy atom. The lowest BCUT2D eigenvalue weighted by atomic mass is 10.0. The molecule has 9 heteroatoms. The highest BCUT2D eigenvalue weighted by atomic mass is 16.5. The third-order valence-corrected chi connectivity index (χ3v) is 7.10. The molecule has 41 heavy (non-hydrogen) atoms. The van der Waals surface area contributed by atoms with Gasteiger partial charge < -0.3 is 29.2 Å². The Hall–Kier alpha value is -4.79. The first kappa shape index (κ1) is 27.8. The SMILES string of the molecule is COc1cc(-c2cc(C(=O)OCC(=O)Nc3ccc(N4CCCCC4)cc3)c3ccccc3n2)cc(OC)c1OC. The summed E-state index contributed by atoms with van der Waals surface area (Å²) in [6.45, 7) is 1.67. The van der Waals surface area contributed by atoms with Gasteiger partial charge in [-0.05, 0) is 67.8 Å². The van der Waals surface area contributed by atoms with E-state index in [1.54, 1.807) is 24.3 Å². The topological polar surface area (TPSA) is 99.2 Å². The zero-order valence-corrected chi connectivity index (χ0v) is 23.4. The first-order valence-electron chi connectivity index (χ1n) is 13.5. The smallest absolute Gasteiger partial charge is 0.339 e. The lowest BCUT2D eigenvalue weighted by molar-refractivity contribution is -0.119. The van der Waals surface area contributed by atoms with Crippen LogP contribution in [0.5, 0.6) is 17.2 Å². The fraction of sp³-hybridized carbons (Fsp3) is 0.281. The molecule has 1 aromatic heterocycles. The van der Waals surface area contributed by atoms with Crippen molar-refractivity contribution in [1.29, 1.82) is 0 Å². The maximum atomic E-state index is 13.3. The molecule has 0 saturated carbocycles. The molecule has 3 aromatic carbocycles. The number of anilines is 2. The highest BCUT2D eigenvalue weighted by molar-refractivity contribution is 6.05. The van der Waals surface area contributed by atoms with E-state index in [-0.39, 0.29) is 5.56 Å². The van der Waals surface area contributed by atoms with Crippen molar-refractivity contribution in [3.05, 3.63) is 72.3 Å². The Bertz CT molecular complexity index is 1520. The quantitative estimate of drug-likeness (QED) is 0.262. The Morgan fingerprint density at radius 2 is 1.54 bits per heavy atom. The highest BCUT2D eigenvalue weighted by Gasteiger charge is 2.20. The van der Waals surface area contributed by atoms with Gasteiger partial charge in [0.1, 0.15) is 0 Å². The number of nitrogens with one attached hydrogen (secondary N) is 1. The predicted octanol–water partition coefficient (Wildman–Crippen LogP) is 5.71. The summed E-state index contributed by atoms with van der Waals surface area (Å²) in [7, 11) is 4.60. The number of piperidine rings is 1. The lowest BCUT2D eigenvalue weighted by Crippen LogP contribution is -2.29. The molecule has 0 spiro atoms. The molecular weight excluding hydrogens is 522 g/mol. The first-order valence-corrected chi connectivity index (χ1v) is 13.5. The normalized spacial score (nSPS) is 13.0. The number of esters is 1. The van der Waals surface area contributed by atoms with Gasteiger partial charge in [-0.25, -0.2) is 9.78 Å². The average molecular weight is 556 g/mol. The summed E-state index contributed by atoms with van der Waals surface area (Å²) < 4.78 is 21.8. The predicted molar refractivity (Wildman–Crippen MR) is 158 cm³/mol. The van der Waals surface area contributed by atoms with Crippen molar-refractivity contribution in [2.75, 3.05) is 51.2 Å². The number of ether oxygens (including phenoxy) is 4. The van der Waals surface area contributed by atoms with Crippen molar-refractivity contribution in [3.8, 4) is 28.5 Å². The van der Waals surface area contributed by atoms with E-state index in [0.717, 1.165) is 18.8 Å². The van der Waals surface area contributed by atoms with E-state index >= 15 is 0 Å². The maximum Gasteiger partial charge on any atom is 0.339 e. The van der Waals surface area contributed by atoms with E-state index in [9.17, 15) is 9.59 Å². The molecular formula is C32H33N3O6. The fourth-order valence-corrected chi connectivity index (χ4v) is 5.03. The van der Waals surface area contributed by atoms with Gasteiger partial charge in [-0.3, -0.25) is 4.79 Å². The third-order valence-electron chi connectivity index (χ3n) is 7.10. The standard InChI is InChI=1S/C32H33N3O6/c1-38-28-17-21(18-29(39-2)31(28)40-3)27-19-25(24-9-5-6-10-26(24)34-27)32(37)41-20-30(36)33-22-11-13-23(14-12-22)35-15-7-4-8-16-35/h5-6,9-14,17-19H,4,7-8,15-16,20H2,1-3H3,(H,33,36). The third kappa shape index (κ3) is 6.19. The van der Waals surface area contributed by atoms with Gasteiger partial charge in [0.25, 0.3) is 5.91 Å². The Kier molecular flexibility index (Phi) is 8.53. The maximum absolute atomic E-state index is 13.3. The van der Waals surface area contributed by atoms with Crippen LogP contribution in [0.15, 0.2) is 66.7 Å². The van der Waals surface area contributed by atoms with Crippen LogP contribution in [0.2, 0.25) is 0 Å². The molecule has 0 bridgehead atoms. The highest BCUT2D eigenvalue weighted by Crippen LogP contribution is 2.41. The molecule has 1 fully saturated rings. The number of hydrogen-bond acceptors (Lipinski definition) is 8. The van der Waals surface area contributed by atoms with E-state index in [1.165, 1.54) is 40.6 Å². The molecule has 1 saturated heterocycles. The van der Waals surface area contributed by atoms with Crippen LogP contribution >= 0.6 is 0 Å². The number of benzene rings is 3. The van der Waals surface area contributed by atoms with E-state index < -0.39 is 18.5 Å². The second-order valence-corrected chi connectivity index (χ2v) is 9.71. The van der Waals surface area contributed by atoms with Crippen molar-refractivity contribution in [3.63, 3.8) is 0 Å². The van der Waals surface area contributed by atoms with Crippen LogP contribution in [-0.4, -0.2) is 57.9 Å². The number of carbonyl (C=O) groups is 2. The summed E-state index contributed by atoms with van der Waals surface area (Å²) in [5.41, 5.74) is 3.84. The van der Waals surface area contributed by atoms with Crippen molar-refractivity contribution < 1.29 is 28.5 Å². The number of pyridine rings is 1. The minimum Gasteiger partial charge on any atom is -0.493 e. The molecule has 1 N–H and O–H groups in total. The van der Waals surface area contributed by atoms with Gasteiger partial charge in [-0.15, -0.1) is 0 Å². The monoisotopic (exact) mass is 555 g/mol. The number of para-hydroxylation sites is 1. The second-order valence-electron chi connectivity index (χ2n) is 9.71. The van der Waals surface area contributed by atoms with Crippen LogP contribution in [0.25, 0.3) is 22.2 Å². The molecule has 5 rings (SSSR count). The minimum absolute atomic E-state index is 0.290. The van der Waals surface area contributed by atoms with Crippen LogP contribution in [0, 0.1) is 0 Å². The number of fused-ring (bicyclic) bond motifs is 1. The van der Waals surface area contributed by atoms with Crippen LogP contribution in [0.3, 0.4) is 0 Å². The van der Waals surface area contributed by atoms with Crippen LogP contribution in [-0.2, 0) is 9.53 Å². The van der Waals surface area contributed by atoms with E-state index in [4.69, 9.17) is 23.9 Å². The lowest BCUT2D eigenvalue weighted by Gasteiger charge is -2.28. The first-order chi connectivity index (χ1) is 20.0. The molecule has 2 heterocycles. The van der Waals surface area contributed by atoms with Crippen molar-refractivity contribution in [1.82, 2.24) is 4.98 Å². The zero-order chi connectivity index (χ0) is 28.8. The van der Waals surface area contributed by atoms with Crippen molar-refractivity contribution >= 4 is 34.2 Å². The summed E-state index contributed by atoms with van der Waals surface area (Å²) in [4.78, 5) is 33.0. The molecule has 4 aromatic rings. The number of rotatable bonds is 9. The minimum atomic E-state index is -0.632. The fourth-order valence-electron chi connectivity index (χ4n) is 5.03. The molecule has 0 radical (unpaired) electrons. The van der Waals surface area contributed by atoms with Crippen LogP contribution in [0.1, 0.15) is 29.6 Å². The molecule has 0 aliphatic carbocycles. The van der Waals surface area contributed by atoms with Gasteiger partial charge in [-0.1, -0.05) is 18.2 Å². The average Bonchev–Trinajstić information content (AvgIpc) is 3.03. The largest absolute Gasteiger partial charge is 0.493 e. The van der Waals surface area contributed by atoms with Crippen LogP contribution < -0.4 is 24.4 Å². The zero-order valence-electron chi connectivity index (χ0n) is 23.4.